The molecule has 1 fully saturated rings. The van der Waals surface area contributed by atoms with Crippen LogP contribution in [0.25, 0.3) is 5.69 Å². The number of benzene rings is 1. The van der Waals surface area contributed by atoms with Crippen LogP contribution in [-0.4, -0.2) is 20.9 Å². The number of aromatic carboxylic acids is 1. The van der Waals surface area contributed by atoms with Crippen LogP contribution in [0.2, 0.25) is 5.15 Å². The molecular weight excluding hydrogens is 283 g/mol. The molecule has 0 saturated heterocycles. The lowest BCUT2D eigenvalue weighted by Gasteiger charge is -2.07. The molecule has 1 aromatic heterocycles. The zero-order chi connectivity index (χ0) is 14.4. The first kappa shape index (κ1) is 13.1. The minimum atomic E-state index is -1.08. The van der Waals surface area contributed by atoms with E-state index in [2.05, 4.69) is 5.10 Å². The van der Waals surface area contributed by atoms with Crippen LogP contribution < -0.4 is 0 Å². The monoisotopic (exact) mass is 294 g/mol. The number of halogens is 2. The fraction of sp³-hybridized carbons (Fsp3) is 0.286. The highest BCUT2D eigenvalue weighted by atomic mass is 35.5. The predicted octanol–water partition coefficient (Wildman–Crippen LogP) is 3.55. The van der Waals surface area contributed by atoms with Crippen LogP contribution in [0.4, 0.5) is 4.39 Å². The Kier molecular flexibility index (Phi) is 3.01. The highest BCUT2D eigenvalue weighted by molar-refractivity contribution is 6.33. The van der Waals surface area contributed by atoms with Gasteiger partial charge in [0.15, 0.2) is 0 Å². The minimum Gasteiger partial charge on any atom is -0.478 e. The number of carboxylic acids is 1. The number of aryl methyl sites for hydroxylation is 1. The van der Waals surface area contributed by atoms with Crippen LogP contribution in [-0.2, 0) is 0 Å². The summed E-state index contributed by atoms with van der Waals surface area (Å²) in [6, 6.07) is 4.22. The Balaban J connectivity index is 2.19. The minimum absolute atomic E-state index is 0.0536. The topological polar surface area (TPSA) is 55.1 Å². The van der Waals surface area contributed by atoms with Gasteiger partial charge >= 0.3 is 5.97 Å². The van der Waals surface area contributed by atoms with Crippen LogP contribution in [0.1, 0.15) is 40.4 Å². The Bertz CT molecular complexity index is 707. The second-order valence-corrected chi connectivity index (χ2v) is 5.33. The normalized spacial score (nSPS) is 14.6. The van der Waals surface area contributed by atoms with Crippen molar-refractivity contribution in [2.75, 3.05) is 0 Å². The van der Waals surface area contributed by atoms with E-state index in [1.165, 1.54) is 16.8 Å². The van der Waals surface area contributed by atoms with Crippen LogP contribution in [0.3, 0.4) is 0 Å². The molecule has 1 N–H and O–H groups in total. The van der Waals surface area contributed by atoms with Crippen molar-refractivity contribution in [1.29, 1.82) is 0 Å². The van der Waals surface area contributed by atoms with E-state index in [1.807, 2.05) is 0 Å². The maximum absolute atomic E-state index is 13.2. The predicted molar refractivity (Wildman–Crippen MR) is 72.2 cm³/mol. The first-order valence-electron chi connectivity index (χ1n) is 6.27. The van der Waals surface area contributed by atoms with Crippen LogP contribution in [0.5, 0.6) is 0 Å². The van der Waals surface area contributed by atoms with Gasteiger partial charge in [-0.2, -0.15) is 5.10 Å². The number of nitrogens with zero attached hydrogens (tertiary/aromatic N) is 2. The summed E-state index contributed by atoms with van der Waals surface area (Å²) >= 11 is 6.17. The van der Waals surface area contributed by atoms with Crippen molar-refractivity contribution in [3.05, 3.63) is 46.0 Å². The van der Waals surface area contributed by atoms with Crippen molar-refractivity contribution >= 4 is 17.6 Å². The van der Waals surface area contributed by atoms with Crippen molar-refractivity contribution in [3.63, 3.8) is 0 Å². The van der Waals surface area contributed by atoms with Crippen LogP contribution in [0.15, 0.2) is 18.2 Å². The van der Waals surface area contributed by atoms with E-state index >= 15 is 0 Å². The fourth-order valence-corrected chi connectivity index (χ4v) is 2.58. The Morgan fingerprint density at radius 2 is 2.20 bits per heavy atom. The van der Waals surface area contributed by atoms with Crippen LogP contribution >= 0.6 is 11.6 Å². The number of aromatic nitrogens is 2. The van der Waals surface area contributed by atoms with Crippen molar-refractivity contribution in [2.45, 2.75) is 25.7 Å². The summed E-state index contributed by atoms with van der Waals surface area (Å²) in [5.74, 6) is -1.26. The third-order valence-corrected chi connectivity index (χ3v) is 3.77. The fourth-order valence-electron chi connectivity index (χ4n) is 2.27. The molecule has 0 radical (unpaired) electrons. The van der Waals surface area contributed by atoms with E-state index in [9.17, 15) is 14.3 Å². The zero-order valence-electron chi connectivity index (χ0n) is 10.7. The molecule has 6 heteroatoms. The molecule has 1 saturated carbocycles. The Hall–Kier alpha value is -1.88. The second kappa shape index (κ2) is 4.59. The van der Waals surface area contributed by atoms with Gasteiger partial charge in [-0.3, -0.25) is 0 Å². The summed E-state index contributed by atoms with van der Waals surface area (Å²) in [6.45, 7) is 1.73. The summed E-state index contributed by atoms with van der Waals surface area (Å²) in [6.07, 6.45) is 1.85. The number of hydrogen-bond donors (Lipinski definition) is 1. The second-order valence-electron chi connectivity index (χ2n) is 4.97. The summed E-state index contributed by atoms with van der Waals surface area (Å²) in [4.78, 5) is 11.4. The average molecular weight is 295 g/mol. The van der Waals surface area contributed by atoms with Crippen molar-refractivity contribution in [3.8, 4) is 5.69 Å². The molecule has 1 aliphatic rings. The molecule has 104 valence electrons. The molecule has 20 heavy (non-hydrogen) atoms. The largest absolute Gasteiger partial charge is 0.478 e. The molecule has 2 aromatic rings. The van der Waals surface area contributed by atoms with Crippen molar-refractivity contribution < 1.29 is 14.3 Å². The maximum Gasteiger partial charge on any atom is 0.340 e. The Morgan fingerprint density at radius 3 is 2.75 bits per heavy atom. The molecule has 0 amide bonds. The quantitative estimate of drug-likeness (QED) is 0.942. The third kappa shape index (κ3) is 2.08. The molecule has 0 atom stereocenters. The summed E-state index contributed by atoms with van der Waals surface area (Å²) in [5.41, 5.74) is 1.81. The molecule has 4 nitrogen and oxygen atoms in total. The van der Waals surface area contributed by atoms with Gasteiger partial charge in [0.2, 0.25) is 0 Å². The Labute approximate surface area is 119 Å². The number of carbonyl (C=O) groups is 1. The highest BCUT2D eigenvalue weighted by Crippen LogP contribution is 2.43. The Morgan fingerprint density at radius 1 is 1.50 bits per heavy atom. The maximum atomic E-state index is 13.2. The lowest BCUT2D eigenvalue weighted by molar-refractivity contribution is 0.0696. The molecular formula is C14H12ClFN2O2. The van der Waals surface area contributed by atoms with E-state index in [4.69, 9.17) is 11.6 Å². The van der Waals surface area contributed by atoms with Gasteiger partial charge in [0.05, 0.1) is 11.4 Å². The standard InChI is InChI=1S/C14H12ClFN2O2/c1-7-6-9(16)4-5-10(7)18-13(15)11(14(19)20)12(17-18)8-2-3-8/h4-6,8H,2-3H2,1H3,(H,19,20). The summed E-state index contributed by atoms with van der Waals surface area (Å²) in [5, 5.41) is 13.7. The molecule has 0 unspecified atom stereocenters. The molecule has 0 spiro atoms. The molecule has 1 aromatic carbocycles. The number of rotatable bonds is 3. The first-order chi connectivity index (χ1) is 9.49. The lowest BCUT2D eigenvalue weighted by Crippen LogP contribution is -2.01. The number of hydrogen-bond acceptors (Lipinski definition) is 2. The number of carboxylic acid groups (broad SMARTS) is 1. The molecule has 3 rings (SSSR count). The summed E-state index contributed by atoms with van der Waals surface area (Å²) < 4.78 is 14.5. The van der Waals surface area contributed by atoms with Gasteiger partial charge in [-0.1, -0.05) is 11.6 Å². The average Bonchev–Trinajstić information content (AvgIpc) is 3.14. The SMILES string of the molecule is Cc1cc(F)ccc1-n1nc(C2CC2)c(C(=O)O)c1Cl. The van der Waals surface area contributed by atoms with Gasteiger partial charge < -0.3 is 5.11 Å². The smallest absolute Gasteiger partial charge is 0.340 e. The van der Waals surface area contributed by atoms with Crippen molar-refractivity contribution in [2.24, 2.45) is 0 Å². The first-order valence-corrected chi connectivity index (χ1v) is 6.65. The zero-order valence-corrected chi connectivity index (χ0v) is 11.5. The molecule has 1 aliphatic carbocycles. The molecule has 0 bridgehead atoms. The molecule has 1 heterocycles. The van der Waals surface area contributed by atoms with E-state index in [0.717, 1.165) is 12.8 Å². The van der Waals surface area contributed by atoms with Gasteiger partial charge in [0, 0.05) is 5.92 Å². The van der Waals surface area contributed by atoms with Crippen molar-refractivity contribution in [1.82, 2.24) is 9.78 Å². The third-order valence-electron chi connectivity index (χ3n) is 3.42. The van der Waals surface area contributed by atoms with Gasteiger partial charge in [0.25, 0.3) is 0 Å². The van der Waals surface area contributed by atoms with Gasteiger partial charge in [-0.25, -0.2) is 13.9 Å². The summed E-state index contributed by atoms with van der Waals surface area (Å²) in [7, 11) is 0. The van der Waals surface area contributed by atoms with Gasteiger partial charge in [-0.05, 0) is 43.5 Å². The van der Waals surface area contributed by atoms with E-state index in [1.54, 1.807) is 13.0 Å². The van der Waals surface area contributed by atoms with E-state index in [-0.39, 0.29) is 22.5 Å². The van der Waals surface area contributed by atoms with E-state index < -0.39 is 5.97 Å². The van der Waals surface area contributed by atoms with Gasteiger partial charge in [-0.15, -0.1) is 0 Å². The van der Waals surface area contributed by atoms with Crippen LogP contribution in [0, 0.1) is 12.7 Å². The lowest BCUT2D eigenvalue weighted by atomic mass is 10.2. The van der Waals surface area contributed by atoms with E-state index in [0.29, 0.717) is 16.9 Å². The highest BCUT2D eigenvalue weighted by Gasteiger charge is 2.34. The van der Waals surface area contributed by atoms with Gasteiger partial charge in [0.1, 0.15) is 16.5 Å². The molecule has 0 aliphatic heterocycles.